The number of hydrogen-bond donors (Lipinski definition) is 2. The molecule has 9 heteroatoms. The maximum Gasteiger partial charge on any atom is 0.242 e. The third-order valence-electron chi connectivity index (χ3n) is 5.00. The van der Waals surface area contributed by atoms with E-state index in [0.29, 0.717) is 25.3 Å². The molecule has 0 saturated carbocycles. The maximum absolute atomic E-state index is 12.9. The smallest absolute Gasteiger partial charge is 0.242 e. The van der Waals surface area contributed by atoms with Crippen molar-refractivity contribution in [2.24, 2.45) is 5.92 Å². The molecule has 1 fully saturated rings. The Balaban J connectivity index is 1.70. The number of morpholine rings is 1. The van der Waals surface area contributed by atoms with Crippen LogP contribution in [0.3, 0.4) is 0 Å². The average molecular weight is 447 g/mol. The summed E-state index contributed by atoms with van der Waals surface area (Å²) in [7, 11) is -3.83. The minimum Gasteiger partial charge on any atom is -0.378 e. The van der Waals surface area contributed by atoms with Crippen molar-refractivity contribution < 1.29 is 17.9 Å². The first kappa shape index (κ1) is 23.2. The standard InChI is InChI=1S/C22H30N4O4S/c1-16(2)14-20(25-31(28,29)19-7-4-17(3)5-8-19)22(27)24-18-6-9-21(23-15-18)26-10-12-30-13-11-26/h4-9,15-16,20,25H,10-14H2,1-3H3,(H,24,27)/t20-/m0/s1. The van der Waals surface area contributed by atoms with Crippen LogP contribution in [-0.4, -0.2) is 51.7 Å². The van der Waals surface area contributed by atoms with Crippen LogP contribution < -0.4 is 14.9 Å². The molecular weight excluding hydrogens is 416 g/mol. The van der Waals surface area contributed by atoms with Crippen LogP contribution in [0.2, 0.25) is 0 Å². The summed E-state index contributed by atoms with van der Waals surface area (Å²) in [6.45, 7) is 8.65. The van der Waals surface area contributed by atoms with Gasteiger partial charge in [0.05, 0.1) is 30.0 Å². The molecule has 0 radical (unpaired) electrons. The Hall–Kier alpha value is -2.49. The molecule has 8 nitrogen and oxygen atoms in total. The van der Waals surface area contributed by atoms with Gasteiger partial charge in [-0.25, -0.2) is 13.4 Å². The van der Waals surface area contributed by atoms with Gasteiger partial charge in [-0.15, -0.1) is 0 Å². The second kappa shape index (κ2) is 10.2. The van der Waals surface area contributed by atoms with E-state index in [1.54, 1.807) is 24.4 Å². The molecule has 3 rings (SSSR count). The van der Waals surface area contributed by atoms with Gasteiger partial charge in [-0.1, -0.05) is 31.5 Å². The van der Waals surface area contributed by atoms with E-state index >= 15 is 0 Å². The monoisotopic (exact) mass is 446 g/mol. The van der Waals surface area contributed by atoms with Crippen LogP contribution in [-0.2, 0) is 19.6 Å². The van der Waals surface area contributed by atoms with Gasteiger partial charge in [-0.05, 0) is 43.5 Å². The summed E-state index contributed by atoms with van der Waals surface area (Å²) in [6.07, 6.45) is 1.96. The van der Waals surface area contributed by atoms with Gasteiger partial charge < -0.3 is 15.0 Å². The zero-order valence-electron chi connectivity index (χ0n) is 18.2. The Morgan fingerprint density at radius 1 is 1.13 bits per heavy atom. The van der Waals surface area contributed by atoms with Gasteiger partial charge in [-0.2, -0.15) is 4.72 Å². The van der Waals surface area contributed by atoms with Crippen molar-refractivity contribution in [2.45, 2.75) is 38.1 Å². The molecule has 2 heterocycles. The Kier molecular flexibility index (Phi) is 7.64. The number of aryl methyl sites for hydroxylation is 1. The van der Waals surface area contributed by atoms with E-state index in [-0.39, 0.29) is 10.8 Å². The topological polar surface area (TPSA) is 101 Å². The van der Waals surface area contributed by atoms with Gasteiger partial charge in [0.1, 0.15) is 11.9 Å². The van der Waals surface area contributed by atoms with Crippen molar-refractivity contribution in [2.75, 3.05) is 36.5 Å². The SMILES string of the molecule is Cc1ccc(S(=O)(=O)N[C@@H](CC(C)C)C(=O)Nc2ccc(N3CCOCC3)nc2)cc1. The molecule has 0 unspecified atom stereocenters. The molecule has 1 atom stereocenters. The lowest BCUT2D eigenvalue weighted by Crippen LogP contribution is -2.44. The Morgan fingerprint density at radius 3 is 2.39 bits per heavy atom. The number of carbonyl (C=O) groups is 1. The fourth-order valence-electron chi connectivity index (χ4n) is 3.32. The molecule has 168 valence electrons. The van der Waals surface area contributed by atoms with E-state index in [4.69, 9.17) is 4.74 Å². The first-order chi connectivity index (χ1) is 14.7. The van der Waals surface area contributed by atoms with Crippen LogP contribution in [0.1, 0.15) is 25.8 Å². The van der Waals surface area contributed by atoms with E-state index in [0.717, 1.165) is 24.5 Å². The van der Waals surface area contributed by atoms with E-state index < -0.39 is 22.0 Å². The first-order valence-corrected chi connectivity index (χ1v) is 11.9. The zero-order chi connectivity index (χ0) is 22.4. The summed E-state index contributed by atoms with van der Waals surface area (Å²) in [5.74, 6) is 0.531. The molecule has 1 aliphatic rings. The number of nitrogens with one attached hydrogen (secondary N) is 2. The van der Waals surface area contributed by atoms with Crippen molar-refractivity contribution in [3.8, 4) is 0 Å². The summed E-state index contributed by atoms with van der Waals surface area (Å²) in [5.41, 5.74) is 1.48. The quantitative estimate of drug-likeness (QED) is 0.646. The van der Waals surface area contributed by atoms with Crippen molar-refractivity contribution in [1.82, 2.24) is 9.71 Å². The highest BCUT2D eigenvalue weighted by atomic mass is 32.2. The Labute approximate surface area is 184 Å². The van der Waals surface area contributed by atoms with Crippen LogP contribution >= 0.6 is 0 Å². The highest BCUT2D eigenvalue weighted by molar-refractivity contribution is 7.89. The average Bonchev–Trinajstić information content (AvgIpc) is 2.74. The molecule has 0 bridgehead atoms. The number of amides is 1. The predicted molar refractivity (Wildman–Crippen MR) is 121 cm³/mol. The van der Waals surface area contributed by atoms with E-state index in [9.17, 15) is 13.2 Å². The maximum atomic E-state index is 12.9. The molecule has 1 amide bonds. The molecule has 1 saturated heterocycles. The molecule has 1 aromatic heterocycles. The number of sulfonamides is 1. The van der Waals surface area contributed by atoms with Crippen molar-refractivity contribution >= 4 is 27.4 Å². The van der Waals surface area contributed by atoms with Gasteiger partial charge >= 0.3 is 0 Å². The second-order valence-corrected chi connectivity index (χ2v) is 9.82. The molecular formula is C22H30N4O4S. The summed E-state index contributed by atoms with van der Waals surface area (Å²) >= 11 is 0. The van der Waals surface area contributed by atoms with Crippen LogP contribution in [0.5, 0.6) is 0 Å². The lowest BCUT2D eigenvalue weighted by Gasteiger charge is -2.27. The molecule has 1 aromatic carbocycles. The zero-order valence-corrected chi connectivity index (χ0v) is 19.0. The number of rotatable bonds is 8. The second-order valence-electron chi connectivity index (χ2n) is 8.11. The van der Waals surface area contributed by atoms with E-state index in [1.807, 2.05) is 26.8 Å². The van der Waals surface area contributed by atoms with Crippen LogP contribution in [0, 0.1) is 12.8 Å². The highest BCUT2D eigenvalue weighted by Crippen LogP contribution is 2.18. The van der Waals surface area contributed by atoms with Crippen molar-refractivity contribution in [3.05, 3.63) is 48.2 Å². The van der Waals surface area contributed by atoms with Crippen LogP contribution in [0.4, 0.5) is 11.5 Å². The number of ether oxygens (including phenoxy) is 1. The van der Waals surface area contributed by atoms with Gasteiger partial charge in [0, 0.05) is 13.1 Å². The summed E-state index contributed by atoms with van der Waals surface area (Å²) in [5, 5.41) is 2.79. The van der Waals surface area contributed by atoms with Crippen LogP contribution in [0.15, 0.2) is 47.5 Å². The summed E-state index contributed by atoms with van der Waals surface area (Å²) in [6, 6.07) is 9.25. The van der Waals surface area contributed by atoms with E-state index in [2.05, 4.69) is 19.9 Å². The number of hydrogen-bond acceptors (Lipinski definition) is 6. The molecule has 1 aliphatic heterocycles. The van der Waals surface area contributed by atoms with Crippen molar-refractivity contribution in [3.63, 3.8) is 0 Å². The number of benzene rings is 1. The number of aromatic nitrogens is 1. The number of pyridine rings is 1. The summed E-state index contributed by atoms with van der Waals surface area (Å²) < 4.78 is 33.5. The largest absolute Gasteiger partial charge is 0.378 e. The molecule has 0 spiro atoms. The minimum atomic E-state index is -3.83. The van der Waals surface area contributed by atoms with Crippen LogP contribution in [0.25, 0.3) is 0 Å². The number of nitrogens with zero attached hydrogens (tertiary/aromatic N) is 2. The molecule has 31 heavy (non-hydrogen) atoms. The highest BCUT2D eigenvalue weighted by Gasteiger charge is 2.27. The molecule has 2 N–H and O–H groups in total. The Bertz CT molecular complexity index is 970. The predicted octanol–water partition coefficient (Wildman–Crippen LogP) is 2.56. The normalized spacial score (nSPS) is 15.7. The van der Waals surface area contributed by atoms with Gasteiger partial charge in [0.2, 0.25) is 15.9 Å². The lowest BCUT2D eigenvalue weighted by molar-refractivity contribution is -0.118. The number of anilines is 2. The Morgan fingerprint density at radius 2 is 1.81 bits per heavy atom. The fraction of sp³-hybridized carbons (Fsp3) is 0.455. The van der Waals surface area contributed by atoms with E-state index in [1.165, 1.54) is 12.1 Å². The van der Waals surface area contributed by atoms with Crippen molar-refractivity contribution in [1.29, 1.82) is 0 Å². The van der Waals surface area contributed by atoms with Gasteiger partial charge in [0.25, 0.3) is 0 Å². The lowest BCUT2D eigenvalue weighted by atomic mass is 10.0. The van der Waals surface area contributed by atoms with Gasteiger partial charge in [-0.3, -0.25) is 4.79 Å². The number of carbonyl (C=O) groups excluding carboxylic acids is 1. The first-order valence-electron chi connectivity index (χ1n) is 10.4. The third-order valence-corrected chi connectivity index (χ3v) is 6.49. The third kappa shape index (κ3) is 6.49. The van der Waals surface area contributed by atoms with Gasteiger partial charge in [0.15, 0.2) is 0 Å². The molecule has 2 aromatic rings. The molecule has 0 aliphatic carbocycles. The minimum absolute atomic E-state index is 0.123. The fourth-order valence-corrected chi connectivity index (χ4v) is 4.53. The summed E-state index contributed by atoms with van der Waals surface area (Å²) in [4.78, 5) is 19.6.